The third kappa shape index (κ3) is 4.20. The number of hydrogen-bond donors (Lipinski definition) is 0. The Kier molecular flexibility index (Phi) is 5.21. The molecule has 0 bridgehead atoms. The normalized spacial score (nSPS) is 10.7. The predicted molar refractivity (Wildman–Crippen MR) is 124 cm³/mol. The van der Waals surface area contributed by atoms with Crippen LogP contribution in [-0.2, 0) is 0 Å². The van der Waals surface area contributed by atoms with E-state index in [1.54, 1.807) is 12.4 Å². The SMILES string of the molecule is Clc1cc(-c2ccncc2)cc(-c2nc(-c3ccccc3)nc(-c3ccccc3)n2)c1. The molecule has 2 aromatic heterocycles. The molecule has 0 saturated heterocycles. The Bertz CT molecular complexity index is 1270. The largest absolute Gasteiger partial charge is 0.265 e. The fourth-order valence-electron chi connectivity index (χ4n) is 3.37. The standard InChI is InChI=1S/C26H17ClN4/c27-23-16-21(18-11-13-28-14-12-18)15-22(17-23)26-30-24(19-7-3-1-4-8-19)29-25(31-26)20-9-5-2-6-10-20/h1-17H. The van der Waals surface area contributed by atoms with Crippen LogP contribution in [0.5, 0.6) is 0 Å². The average Bonchev–Trinajstić information content (AvgIpc) is 2.85. The third-order valence-electron chi connectivity index (χ3n) is 4.87. The van der Waals surface area contributed by atoms with Gasteiger partial charge in [0.2, 0.25) is 0 Å². The van der Waals surface area contributed by atoms with Gasteiger partial charge in [0.05, 0.1) is 0 Å². The molecule has 5 aromatic rings. The van der Waals surface area contributed by atoms with Crippen LogP contribution in [0, 0.1) is 0 Å². The summed E-state index contributed by atoms with van der Waals surface area (Å²) in [4.78, 5) is 18.4. The van der Waals surface area contributed by atoms with E-state index in [1.807, 2.05) is 91.0 Å². The van der Waals surface area contributed by atoms with Crippen molar-refractivity contribution < 1.29 is 0 Å². The van der Waals surface area contributed by atoms with Crippen LogP contribution in [0.15, 0.2) is 103 Å². The van der Waals surface area contributed by atoms with Crippen molar-refractivity contribution in [1.29, 1.82) is 0 Å². The molecule has 31 heavy (non-hydrogen) atoms. The quantitative estimate of drug-likeness (QED) is 0.329. The number of halogens is 1. The Morgan fingerprint density at radius 3 is 1.48 bits per heavy atom. The summed E-state index contributed by atoms with van der Waals surface area (Å²) in [7, 11) is 0. The molecule has 0 radical (unpaired) electrons. The molecule has 0 saturated carbocycles. The molecule has 0 aliphatic heterocycles. The molecule has 0 N–H and O–H groups in total. The molecule has 0 amide bonds. The van der Waals surface area contributed by atoms with Gasteiger partial charge in [-0.3, -0.25) is 4.98 Å². The molecule has 2 heterocycles. The maximum atomic E-state index is 6.48. The van der Waals surface area contributed by atoms with E-state index in [0.717, 1.165) is 27.8 Å². The van der Waals surface area contributed by atoms with E-state index >= 15 is 0 Å². The molecule has 0 aliphatic rings. The van der Waals surface area contributed by atoms with Crippen LogP contribution in [-0.4, -0.2) is 19.9 Å². The molecular weight excluding hydrogens is 404 g/mol. The van der Waals surface area contributed by atoms with E-state index in [0.29, 0.717) is 22.5 Å². The van der Waals surface area contributed by atoms with Gasteiger partial charge < -0.3 is 0 Å². The van der Waals surface area contributed by atoms with E-state index in [2.05, 4.69) is 4.98 Å². The molecule has 5 rings (SSSR count). The smallest absolute Gasteiger partial charge is 0.164 e. The summed E-state index contributed by atoms with van der Waals surface area (Å²) in [6.07, 6.45) is 3.53. The molecule has 0 atom stereocenters. The lowest BCUT2D eigenvalue weighted by Crippen LogP contribution is -2.00. The van der Waals surface area contributed by atoms with Crippen molar-refractivity contribution in [3.8, 4) is 45.3 Å². The van der Waals surface area contributed by atoms with Gasteiger partial charge >= 0.3 is 0 Å². The summed E-state index contributed by atoms with van der Waals surface area (Å²) in [5.41, 5.74) is 4.70. The second-order valence-electron chi connectivity index (χ2n) is 7.00. The highest BCUT2D eigenvalue weighted by Gasteiger charge is 2.13. The van der Waals surface area contributed by atoms with E-state index in [4.69, 9.17) is 26.6 Å². The van der Waals surface area contributed by atoms with Crippen molar-refractivity contribution in [3.63, 3.8) is 0 Å². The number of nitrogens with zero attached hydrogens (tertiary/aromatic N) is 4. The maximum Gasteiger partial charge on any atom is 0.164 e. The van der Waals surface area contributed by atoms with Gasteiger partial charge in [0.25, 0.3) is 0 Å². The van der Waals surface area contributed by atoms with Crippen LogP contribution >= 0.6 is 11.6 Å². The van der Waals surface area contributed by atoms with Crippen molar-refractivity contribution >= 4 is 11.6 Å². The van der Waals surface area contributed by atoms with Crippen LogP contribution in [0.4, 0.5) is 0 Å². The fourth-order valence-corrected chi connectivity index (χ4v) is 3.60. The summed E-state index contributed by atoms with van der Waals surface area (Å²) in [5, 5.41) is 0.618. The van der Waals surface area contributed by atoms with Gasteiger partial charge in [-0.05, 0) is 41.5 Å². The number of aromatic nitrogens is 4. The Morgan fingerprint density at radius 1 is 0.452 bits per heavy atom. The average molecular weight is 421 g/mol. The van der Waals surface area contributed by atoms with Crippen LogP contribution in [0.3, 0.4) is 0 Å². The highest BCUT2D eigenvalue weighted by Crippen LogP contribution is 2.30. The predicted octanol–water partition coefficient (Wildman–Crippen LogP) is 6.59. The molecule has 148 valence electrons. The van der Waals surface area contributed by atoms with Gasteiger partial charge in [-0.15, -0.1) is 0 Å². The van der Waals surface area contributed by atoms with Crippen molar-refractivity contribution in [3.05, 3.63) is 108 Å². The zero-order valence-electron chi connectivity index (χ0n) is 16.5. The van der Waals surface area contributed by atoms with Crippen molar-refractivity contribution in [2.75, 3.05) is 0 Å². The van der Waals surface area contributed by atoms with Crippen LogP contribution < -0.4 is 0 Å². The molecule has 0 unspecified atom stereocenters. The molecular formula is C26H17ClN4. The Morgan fingerprint density at radius 2 is 0.935 bits per heavy atom. The highest BCUT2D eigenvalue weighted by molar-refractivity contribution is 6.31. The molecule has 0 aliphatic carbocycles. The summed E-state index contributed by atoms with van der Waals surface area (Å²) in [6, 6.07) is 29.6. The number of pyridine rings is 1. The summed E-state index contributed by atoms with van der Waals surface area (Å²) < 4.78 is 0. The first-order valence-corrected chi connectivity index (χ1v) is 10.2. The lowest BCUT2D eigenvalue weighted by molar-refractivity contribution is 1.07. The van der Waals surface area contributed by atoms with E-state index in [9.17, 15) is 0 Å². The number of benzene rings is 3. The van der Waals surface area contributed by atoms with Gasteiger partial charge in [0.1, 0.15) is 0 Å². The zero-order chi connectivity index (χ0) is 21.0. The van der Waals surface area contributed by atoms with E-state index in [1.165, 1.54) is 0 Å². The zero-order valence-corrected chi connectivity index (χ0v) is 17.2. The first kappa shape index (κ1) is 19.1. The molecule has 5 heteroatoms. The van der Waals surface area contributed by atoms with Gasteiger partial charge in [-0.2, -0.15) is 0 Å². The Labute approximate surface area is 185 Å². The molecule has 4 nitrogen and oxygen atoms in total. The van der Waals surface area contributed by atoms with Crippen molar-refractivity contribution in [1.82, 2.24) is 19.9 Å². The maximum absolute atomic E-state index is 6.48. The van der Waals surface area contributed by atoms with Gasteiger partial charge in [0, 0.05) is 34.1 Å². The summed E-state index contributed by atoms with van der Waals surface area (Å²) >= 11 is 6.48. The highest BCUT2D eigenvalue weighted by atomic mass is 35.5. The minimum Gasteiger partial charge on any atom is -0.265 e. The number of rotatable bonds is 4. The van der Waals surface area contributed by atoms with Crippen molar-refractivity contribution in [2.45, 2.75) is 0 Å². The van der Waals surface area contributed by atoms with E-state index in [-0.39, 0.29) is 0 Å². The Hall–Kier alpha value is -3.89. The summed E-state index contributed by atoms with van der Waals surface area (Å²) in [5.74, 6) is 1.82. The fraction of sp³-hybridized carbons (Fsp3) is 0. The topological polar surface area (TPSA) is 51.6 Å². The van der Waals surface area contributed by atoms with E-state index < -0.39 is 0 Å². The van der Waals surface area contributed by atoms with Crippen LogP contribution in [0.2, 0.25) is 5.02 Å². The molecule has 3 aromatic carbocycles. The van der Waals surface area contributed by atoms with Gasteiger partial charge in [-0.25, -0.2) is 15.0 Å². The second kappa shape index (κ2) is 8.46. The minimum atomic E-state index is 0.575. The second-order valence-corrected chi connectivity index (χ2v) is 7.44. The molecule has 0 spiro atoms. The van der Waals surface area contributed by atoms with Crippen LogP contribution in [0.1, 0.15) is 0 Å². The first-order chi connectivity index (χ1) is 15.3. The van der Waals surface area contributed by atoms with Gasteiger partial charge in [-0.1, -0.05) is 72.3 Å². The molecule has 0 fully saturated rings. The Balaban J connectivity index is 1.70. The number of hydrogen-bond acceptors (Lipinski definition) is 4. The van der Waals surface area contributed by atoms with Crippen LogP contribution in [0.25, 0.3) is 45.3 Å². The lowest BCUT2D eigenvalue weighted by Gasteiger charge is -2.10. The van der Waals surface area contributed by atoms with Crippen molar-refractivity contribution in [2.24, 2.45) is 0 Å². The lowest BCUT2D eigenvalue weighted by atomic mass is 10.0. The monoisotopic (exact) mass is 420 g/mol. The third-order valence-corrected chi connectivity index (χ3v) is 5.09. The van der Waals surface area contributed by atoms with Gasteiger partial charge in [0.15, 0.2) is 17.5 Å². The summed E-state index contributed by atoms with van der Waals surface area (Å²) in [6.45, 7) is 0. The minimum absolute atomic E-state index is 0.575. The first-order valence-electron chi connectivity index (χ1n) is 9.84.